The predicted octanol–water partition coefficient (Wildman–Crippen LogP) is 2.71. The van der Waals surface area contributed by atoms with Crippen molar-refractivity contribution in [2.45, 2.75) is 11.4 Å². The maximum Gasteiger partial charge on any atom is 0.238 e. The standard InChI is InChI=1S/C13H12F2N2OS/c1-19(18)10-4-2-9(3-5-10)8-16-11-6-7-12(14)17-13(11)15/h2-7,16H,8H2,1H3. The summed E-state index contributed by atoms with van der Waals surface area (Å²) in [5.41, 5.74) is 1.04. The van der Waals surface area contributed by atoms with Crippen LogP contribution in [0.4, 0.5) is 14.5 Å². The van der Waals surface area contributed by atoms with E-state index in [0.717, 1.165) is 16.5 Å². The predicted molar refractivity (Wildman–Crippen MR) is 70.3 cm³/mol. The van der Waals surface area contributed by atoms with E-state index in [-0.39, 0.29) is 5.69 Å². The molecule has 1 aromatic heterocycles. The molecule has 0 aliphatic carbocycles. The average molecular weight is 282 g/mol. The molecule has 2 aromatic rings. The molecule has 0 fully saturated rings. The topological polar surface area (TPSA) is 42.0 Å². The highest BCUT2D eigenvalue weighted by Crippen LogP contribution is 2.14. The molecule has 0 radical (unpaired) electrons. The molecule has 0 aliphatic heterocycles. The number of halogens is 2. The van der Waals surface area contributed by atoms with Crippen molar-refractivity contribution in [2.24, 2.45) is 0 Å². The minimum Gasteiger partial charge on any atom is -0.377 e. The fraction of sp³-hybridized carbons (Fsp3) is 0.154. The number of nitrogens with one attached hydrogen (secondary N) is 1. The summed E-state index contributed by atoms with van der Waals surface area (Å²) in [6.07, 6.45) is 1.60. The van der Waals surface area contributed by atoms with Crippen molar-refractivity contribution < 1.29 is 13.0 Å². The monoisotopic (exact) mass is 282 g/mol. The molecule has 19 heavy (non-hydrogen) atoms. The molecule has 1 aromatic carbocycles. The number of benzene rings is 1. The zero-order valence-electron chi connectivity index (χ0n) is 10.2. The van der Waals surface area contributed by atoms with Gasteiger partial charge in [-0.2, -0.15) is 13.8 Å². The van der Waals surface area contributed by atoms with Gasteiger partial charge in [-0.15, -0.1) is 0 Å². The zero-order chi connectivity index (χ0) is 13.8. The third-order valence-corrected chi connectivity index (χ3v) is 3.49. The van der Waals surface area contributed by atoms with Crippen molar-refractivity contribution in [2.75, 3.05) is 11.6 Å². The quantitative estimate of drug-likeness (QED) is 0.877. The highest BCUT2D eigenvalue weighted by atomic mass is 32.2. The molecular weight excluding hydrogens is 270 g/mol. The van der Waals surface area contributed by atoms with Crippen molar-refractivity contribution in [3.05, 3.63) is 53.9 Å². The minimum atomic E-state index is -1.02. The van der Waals surface area contributed by atoms with Crippen LogP contribution in [0.1, 0.15) is 5.56 Å². The van der Waals surface area contributed by atoms with E-state index in [1.165, 1.54) is 6.07 Å². The molecule has 1 unspecified atom stereocenters. The summed E-state index contributed by atoms with van der Waals surface area (Å²) in [6, 6.07) is 9.51. The van der Waals surface area contributed by atoms with Crippen LogP contribution in [-0.4, -0.2) is 15.4 Å². The minimum absolute atomic E-state index is 0.143. The van der Waals surface area contributed by atoms with Gasteiger partial charge in [0.2, 0.25) is 11.9 Å². The molecule has 6 heteroatoms. The van der Waals surface area contributed by atoms with Crippen LogP contribution in [0.5, 0.6) is 0 Å². The largest absolute Gasteiger partial charge is 0.377 e. The average Bonchev–Trinajstić information content (AvgIpc) is 2.38. The van der Waals surface area contributed by atoms with Crippen LogP contribution in [0.2, 0.25) is 0 Å². The second-order valence-corrected chi connectivity index (χ2v) is 5.30. The fourth-order valence-corrected chi connectivity index (χ4v) is 2.06. The second-order valence-electron chi connectivity index (χ2n) is 3.92. The maximum absolute atomic E-state index is 13.3. The van der Waals surface area contributed by atoms with Crippen LogP contribution in [0, 0.1) is 11.9 Å². The Hall–Kier alpha value is -1.82. The number of rotatable bonds is 4. The summed E-state index contributed by atoms with van der Waals surface area (Å²) in [7, 11) is -1.02. The Kier molecular flexibility index (Phi) is 4.21. The van der Waals surface area contributed by atoms with Crippen molar-refractivity contribution >= 4 is 16.5 Å². The third kappa shape index (κ3) is 3.57. The highest BCUT2D eigenvalue weighted by Gasteiger charge is 2.05. The first-order chi connectivity index (χ1) is 9.06. The lowest BCUT2D eigenvalue weighted by molar-refractivity contribution is 0.515. The van der Waals surface area contributed by atoms with Crippen LogP contribution in [0.3, 0.4) is 0 Å². The lowest BCUT2D eigenvalue weighted by Gasteiger charge is -2.07. The lowest BCUT2D eigenvalue weighted by Crippen LogP contribution is -2.03. The van der Waals surface area contributed by atoms with Gasteiger partial charge in [0.25, 0.3) is 0 Å². The second kappa shape index (κ2) is 5.88. The Morgan fingerprint density at radius 1 is 1.16 bits per heavy atom. The summed E-state index contributed by atoms with van der Waals surface area (Å²) in [5.74, 6) is -1.72. The van der Waals surface area contributed by atoms with E-state index in [1.807, 2.05) is 0 Å². The van der Waals surface area contributed by atoms with E-state index in [1.54, 1.807) is 30.5 Å². The Bertz CT molecular complexity index is 602. The van der Waals surface area contributed by atoms with Gasteiger partial charge in [-0.3, -0.25) is 4.21 Å². The van der Waals surface area contributed by atoms with Gasteiger partial charge in [0.15, 0.2) is 0 Å². The first-order valence-electron chi connectivity index (χ1n) is 5.54. The third-order valence-electron chi connectivity index (χ3n) is 2.55. The molecule has 3 nitrogen and oxygen atoms in total. The van der Waals surface area contributed by atoms with Gasteiger partial charge in [-0.25, -0.2) is 0 Å². The number of aromatic nitrogens is 1. The summed E-state index contributed by atoms with van der Waals surface area (Å²) in [6.45, 7) is 0.376. The molecule has 100 valence electrons. The lowest BCUT2D eigenvalue weighted by atomic mass is 10.2. The molecule has 0 amide bonds. The zero-order valence-corrected chi connectivity index (χ0v) is 11.0. The Balaban J connectivity index is 2.04. The molecule has 0 bridgehead atoms. The highest BCUT2D eigenvalue weighted by molar-refractivity contribution is 7.84. The normalized spacial score (nSPS) is 12.2. The number of hydrogen-bond acceptors (Lipinski definition) is 3. The van der Waals surface area contributed by atoms with Gasteiger partial charge < -0.3 is 5.32 Å². The molecular formula is C13H12F2N2OS. The molecule has 1 atom stereocenters. The Morgan fingerprint density at radius 3 is 2.42 bits per heavy atom. The van der Waals surface area contributed by atoms with E-state index < -0.39 is 22.7 Å². The van der Waals surface area contributed by atoms with E-state index in [4.69, 9.17) is 0 Å². The van der Waals surface area contributed by atoms with E-state index in [2.05, 4.69) is 10.3 Å². The Morgan fingerprint density at radius 2 is 1.84 bits per heavy atom. The molecule has 1 N–H and O–H groups in total. The van der Waals surface area contributed by atoms with E-state index in [0.29, 0.717) is 6.54 Å². The van der Waals surface area contributed by atoms with E-state index in [9.17, 15) is 13.0 Å². The molecule has 2 rings (SSSR count). The van der Waals surface area contributed by atoms with E-state index >= 15 is 0 Å². The van der Waals surface area contributed by atoms with Crippen molar-refractivity contribution in [3.63, 3.8) is 0 Å². The SMILES string of the molecule is CS(=O)c1ccc(CNc2ccc(F)nc2F)cc1. The van der Waals surface area contributed by atoms with Gasteiger partial charge in [-0.05, 0) is 29.8 Å². The Labute approximate surface area is 112 Å². The van der Waals surface area contributed by atoms with Crippen molar-refractivity contribution in [1.29, 1.82) is 0 Å². The van der Waals surface area contributed by atoms with Crippen LogP contribution in [0.25, 0.3) is 0 Å². The van der Waals surface area contributed by atoms with Gasteiger partial charge in [0.05, 0.1) is 5.69 Å². The smallest absolute Gasteiger partial charge is 0.238 e. The molecule has 0 spiro atoms. The number of anilines is 1. The first kappa shape index (κ1) is 13.6. The van der Waals surface area contributed by atoms with Gasteiger partial charge >= 0.3 is 0 Å². The number of hydrogen-bond donors (Lipinski definition) is 1. The van der Waals surface area contributed by atoms with Gasteiger partial charge in [0, 0.05) is 28.5 Å². The number of pyridine rings is 1. The fourth-order valence-electron chi connectivity index (χ4n) is 1.54. The maximum atomic E-state index is 13.3. The summed E-state index contributed by atoms with van der Waals surface area (Å²) < 4.78 is 37.1. The van der Waals surface area contributed by atoms with Crippen LogP contribution in [0.15, 0.2) is 41.3 Å². The molecule has 0 aliphatic rings. The molecule has 0 saturated heterocycles. The van der Waals surface area contributed by atoms with Crippen LogP contribution in [-0.2, 0) is 17.3 Å². The molecule has 0 saturated carbocycles. The van der Waals surface area contributed by atoms with Crippen LogP contribution < -0.4 is 5.32 Å². The van der Waals surface area contributed by atoms with Crippen LogP contribution >= 0.6 is 0 Å². The van der Waals surface area contributed by atoms with Crippen molar-refractivity contribution in [1.82, 2.24) is 4.98 Å². The number of nitrogens with zero attached hydrogens (tertiary/aromatic N) is 1. The summed E-state index contributed by atoms with van der Waals surface area (Å²) >= 11 is 0. The first-order valence-corrected chi connectivity index (χ1v) is 7.10. The van der Waals surface area contributed by atoms with Gasteiger partial charge in [0.1, 0.15) is 0 Å². The molecule has 1 heterocycles. The van der Waals surface area contributed by atoms with Gasteiger partial charge in [-0.1, -0.05) is 12.1 Å². The summed E-state index contributed by atoms with van der Waals surface area (Å²) in [4.78, 5) is 3.82. The van der Waals surface area contributed by atoms with Crippen molar-refractivity contribution in [3.8, 4) is 0 Å². The summed E-state index contributed by atoms with van der Waals surface area (Å²) in [5, 5.41) is 2.83.